The maximum absolute atomic E-state index is 15.3. The minimum Gasteiger partial charge on any atom is -0.497 e. The summed E-state index contributed by atoms with van der Waals surface area (Å²) in [6.07, 6.45) is 1.43. The number of nitrogens with two attached hydrogens (primary N) is 1. The highest BCUT2D eigenvalue weighted by atomic mass is 35.5. The Bertz CT molecular complexity index is 1460. The fraction of sp³-hybridized carbons (Fsp3) is 0.200. The van der Waals surface area contributed by atoms with Crippen LogP contribution in [-0.4, -0.2) is 27.7 Å². The van der Waals surface area contributed by atoms with Crippen LogP contribution in [0.5, 0.6) is 5.75 Å². The number of alkyl halides is 2. The van der Waals surface area contributed by atoms with Crippen molar-refractivity contribution in [3.8, 4) is 11.8 Å². The zero-order valence-electron chi connectivity index (χ0n) is 19.0. The Kier molecular flexibility index (Phi) is 6.67. The van der Waals surface area contributed by atoms with Crippen LogP contribution in [0.4, 0.5) is 8.78 Å². The zero-order chi connectivity index (χ0) is 25.2. The van der Waals surface area contributed by atoms with Gasteiger partial charge < -0.3 is 10.5 Å². The normalized spacial score (nSPS) is 12.1. The van der Waals surface area contributed by atoms with E-state index in [0.29, 0.717) is 33.5 Å². The summed E-state index contributed by atoms with van der Waals surface area (Å²) in [6.45, 7) is 1.87. The summed E-state index contributed by atoms with van der Waals surface area (Å²) >= 11 is 6.20. The first-order valence-corrected chi connectivity index (χ1v) is 10.9. The van der Waals surface area contributed by atoms with E-state index in [0.717, 1.165) is 5.56 Å². The van der Waals surface area contributed by atoms with Crippen molar-refractivity contribution < 1.29 is 13.5 Å². The number of fused-ring (bicyclic) bond motifs is 1. The standard InChI is InChI=1S/C25H21ClF2N6O/c1-15-20-8-5-18(25(27,28)24(30)32-13-16-3-6-19(35-2)7-4-16)11-22(20)34(33-15)14-21-17(12-29)9-10-31-23(21)26/h3-11H,13-14H2,1-2H3,(H2,30,32). The molecule has 10 heteroatoms. The number of pyridine rings is 1. The third-order valence-corrected chi connectivity index (χ3v) is 5.97. The van der Waals surface area contributed by atoms with Crippen LogP contribution >= 0.6 is 11.6 Å². The molecule has 35 heavy (non-hydrogen) atoms. The number of rotatable bonds is 7. The number of nitrogens with zero attached hydrogens (tertiary/aromatic N) is 5. The Morgan fingerprint density at radius 3 is 2.66 bits per heavy atom. The topological polar surface area (TPSA) is 102 Å². The number of amidine groups is 1. The summed E-state index contributed by atoms with van der Waals surface area (Å²) in [7, 11) is 1.55. The Labute approximate surface area is 205 Å². The van der Waals surface area contributed by atoms with Crippen molar-refractivity contribution in [1.82, 2.24) is 14.8 Å². The highest BCUT2D eigenvalue weighted by molar-refractivity contribution is 6.30. The molecule has 0 bridgehead atoms. The lowest BCUT2D eigenvalue weighted by atomic mass is 10.0. The first-order valence-electron chi connectivity index (χ1n) is 10.6. The third kappa shape index (κ3) is 4.79. The predicted octanol–water partition coefficient (Wildman–Crippen LogP) is 4.97. The third-order valence-electron chi connectivity index (χ3n) is 5.64. The average molecular weight is 495 g/mol. The van der Waals surface area contributed by atoms with Gasteiger partial charge in [-0.3, -0.25) is 9.67 Å². The molecule has 7 nitrogen and oxygen atoms in total. The van der Waals surface area contributed by atoms with Crippen molar-refractivity contribution in [3.63, 3.8) is 0 Å². The molecule has 0 atom stereocenters. The molecule has 0 saturated heterocycles. The lowest BCUT2D eigenvalue weighted by Gasteiger charge is -2.17. The van der Waals surface area contributed by atoms with E-state index in [9.17, 15) is 5.26 Å². The molecule has 0 radical (unpaired) electrons. The van der Waals surface area contributed by atoms with E-state index < -0.39 is 11.8 Å². The van der Waals surface area contributed by atoms with Crippen LogP contribution in [-0.2, 0) is 19.0 Å². The molecule has 4 aromatic rings. The summed E-state index contributed by atoms with van der Waals surface area (Å²) in [4.78, 5) is 7.95. The van der Waals surface area contributed by atoms with Gasteiger partial charge in [0.15, 0.2) is 5.84 Å². The second-order valence-electron chi connectivity index (χ2n) is 7.84. The number of benzene rings is 2. The van der Waals surface area contributed by atoms with Gasteiger partial charge in [0.1, 0.15) is 10.9 Å². The highest BCUT2D eigenvalue weighted by Crippen LogP contribution is 2.32. The van der Waals surface area contributed by atoms with E-state index in [1.807, 2.05) is 0 Å². The first kappa shape index (κ1) is 24.1. The Hall–Kier alpha value is -4.03. The molecule has 2 aromatic carbocycles. The molecule has 4 rings (SSSR count). The molecule has 2 N–H and O–H groups in total. The Morgan fingerprint density at radius 2 is 1.97 bits per heavy atom. The lowest BCUT2D eigenvalue weighted by Crippen LogP contribution is -2.33. The molecule has 0 unspecified atom stereocenters. The second-order valence-corrected chi connectivity index (χ2v) is 8.20. The van der Waals surface area contributed by atoms with Crippen LogP contribution < -0.4 is 10.5 Å². The number of hydrogen-bond acceptors (Lipinski definition) is 5. The summed E-state index contributed by atoms with van der Waals surface area (Å²) in [6, 6.07) is 14.8. The van der Waals surface area contributed by atoms with E-state index in [2.05, 4.69) is 21.1 Å². The quantitative estimate of drug-likeness (QED) is 0.222. The molecule has 0 amide bonds. The van der Waals surface area contributed by atoms with Gasteiger partial charge in [0, 0.05) is 22.7 Å². The Balaban J connectivity index is 1.67. The number of halogens is 3. The average Bonchev–Trinajstić information content (AvgIpc) is 3.18. The van der Waals surface area contributed by atoms with Crippen molar-refractivity contribution in [2.24, 2.45) is 10.7 Å². The molecule has 0 aliphatic carbocycles. The largest absolute Gasteiger partial charge is 0.497 e. The molecule has 178 valence electrons. The molecule has 0 aliphatic heterocycles. The highest BCUT2D eigenvalue weighted by Gasteiger charge is 2.37. The number of aliphatic imine (C=N–C) groups is 1. The number of ether oxygens (including phenoxy) is 1. The molecule has 0 fully saturated rings. The predicted molar refractivity (Wildman–Crippen MR) is 130 cm³/mol. The number of methoxy groups -OCH3 is 1. The number of nitriles is 1. The van der Waals surface area contributed by atoms with Crippen molar-refractivity contribution in [2.75, 3.05) is 7.11 Å². The lowest BCUT2D eigenvalue weighted by molar-refractivity contribution is 0.0741. The van der Waals surface area contributed by atoms with Crippen LogP contribution in [0.25, 0.3) is 10.9 Å². The van der Waals surface area contributed by atoms with Gasteiger partial charge >= 0.3 is 5.92 Å². The van der Waals surface area contributed by atoms with Crippen LogP contribution in [0.2, 0.25) is 5.15 Å². The van der Waals surface area contributed by atoms with Gasteiger partial charge in [0.2, 0.25) is 0 Å². The maximum Gasteiger partial charge on any atom is 0.329 e. The Morgan fingerprint density at radius 1 is 1.23 bits per heavy atom. The summed E-state index contributed by atoms with van der Waals surface area (Å²) in [5, 5.41) is 14.7. The van der Waals surface area contributed by atoms with Gasteiger partial charge in [-0.05, 0) is 36.8 Å². The smallest absolute Gasteiger partial charge is 0.329 e. The van der Waals surface area contributed by atoms with E-state index in [1.165, 1.54) is 23.0 Å². The van der Waals surface area contributed by atoms with Crippen LogP contribution in [0.3, 0.4) is 0 Å². The molecule has 2 heterocycles. The van der Waals surface area contributed by atoms with Crippen molar-refractivity contribution in [1.29, 1.82) is 5.26 Å². The molecule has 2 aromatic heterocycles. The first-order chi connectivity index (χ1) is 16.7. The molecular weight excluding hydrogens is 474 g/mol. The minimum atomic E-state index is -3.51. The minimum absolute atomic E-state index is 0.00114. The number of aromatic nitrogens is 3. The van der Waals surface area contributed by atoms with Gasteiger partial charge in [0.25, 0.3) is 0 Å². The molecule has 0 spiro atoms. The fourth-order valence-electron chi connectivity index (χ4n) is 3.68. The van der Waals surface area contributed by atoms with Gasteiger partial charge in [-0.2, -0.15) is 19.1 Å². The molecule has 0 saturated carbocycles. The molecular formula is C25H21ClF2N6O. The van der Waals surface area contributed by atoms with Gasteiger partial charge in [-0.25, -0.2) is 4.98 Å². The van der Waals surface area contributed by atoms with Crippen molar-refractivity contribution >= 4 is 28.3 Å². The SMILES string of the molecule is COc1ccc(CN=C(N)C(F)(F)c2ccc3c(C)nn(Cc4c(C#N)ccnc4Cl)c3c2)cc1. The van der Waals surface area contributed by atoms with Gasteiger partial charge in [-0.15, -0.1) is 0 Å². The number of aryl methyl sites for hydroxylation is 1. The monoisotopic (exact) mass is 494 g/mol. The van der Waals surface area contributed by atoms with Crippen molar-refractivity contribution in [2.45, 2.75) is 25.9 Å². The summed E-state index contributed by atoms with van der Waals surface area (Å²) in [5.74, 6) is -3.64. The van der Waals surface area contributed by atoms with Crippen molar-refractivity contribution in [3.05, 3.63) is 87.8 Å². The maximum atomic E-state index is 15.3. The fourth-order valence-corrected chi connectivity index (χ4v) is 3.90. The zero-order valence-corrected chi connectivity index (χ0v) is 19.7. The second kappa shape index (κ2) is 9.68. The number of hydrogen-bond donors (Lipinski definition) is 1. The van der Waals surface area contributed by atoms with E-state index in [-0.39, 0.29) is 23.8 Å². The van der Waals surface area contributed by atoms with E-state index in [4.69, 9.17) is 22.1 Å². The summed E-state index contributed by atoms with van der Waals surface area (Å²) < 4.78 is 37.2. The summed E-state index contributed by atoms with van der Waals surface area (Å²) in [5.41, 5.74) is 8.04. The van der Waals surface area contributed by atoms with Crippen LogP contribution in [0.15, 0.2) is 59.7 Å². The molecule has 0 aliphatic rings. The van der Waals surface area contributed by atoms with E-state index in [1.54, 1.807) is 50.4 Å². The van der Waals surface area contributed by atoms with Gasteiger partial charge in [-0.1, -0.05) is 35.9 Å². The van der Waals surface area contributed by atoms with Crippen LogP contribution in [0.1, 0.15) is 27.9 Å². The van der Waals surface area contributed by atoms with Crippen LogP contribution in [0, 0.1) is 18.3 Å². The van der Waals surface area contributed by atoms with Gasteiger partial charge in [0.05, 0.1) is 43.0 Å². The van der Waals surface area contributed by atoms with E-state index >= 15 is 8.78 Å².